The summed E-state index contributed by atoms with van der Waals surface area (Å²) in [6, 6.07) is 6.26. The summed E-state index contributed by atoms with van der Waals surface area (Å²) in [4.78, 5) is 2.21. The van der Waals surface area contributed by atoms with Crippen molar-refractivity contribution in [1.29, 1.82) is 0 Å². The lowest BCUT2D eigenvalue weighted by Crippen LogP contribution is -2.15. The molecular weight excluding hydrogens is 302 g/mol. The van der Waals surface area contributed by atoms with E-state index in [-0.39, 0.29) is 5.56 Å². The van der Waals surface area contributed by atoms with Crippen LogP contribution in [0, 0.1) is 5.82 Å². The van der Waals surface area contributed by atoms with Gasteiger partial charge in [0.2, 0.25) is 0 Å². The van der Waals surface area contributed by atoms with Gasteiger partial charge < -0.3 is 5.73 Å². The molecule has 1 heterocycles. The molecule has 0 saturated carbocycles. The van der Waals surface area contributed by atoms with Crippen molar-refractivity contribution in [3.05, 3.63) is 57.0 Å². The van der Waals surface area contributed by atoms with Crippen molar-refractivity contribution in [2.45, 2.75) is 32.0 Å². The summed E-state index contributed by atoms with van der Waals surface area (Å²) in [5.41, 5.74) is 4.98. The fourth-order valence-electron chi connectivity index (χ4n) is 2.05. The lowest BCUT2D eigenvalue weighted by Gasteiger charge is -2.14. The second kappa shape index (κ2) is 6.15. The van der Waals surface area contributed by atoms with Crippen LogP contribution in [0.25, 0.3) is 0 Å². The normalized spacial score (nSPS) is 13.4. The standard InChI is InChI=1S/C15H15F4NS/c1-2-10-4-5-11(21-10)8-14(20)9-3-6-13(16)12(7-9)15(17,18)19/h3-7,14H,2,8,20H2,1H3. The van der Waals surface area contributed by atoms with Crippen LogP contribution in [0.3, 0.4) is 0 Å². The number of hydrogen-bond acceptors (Lipinski definition) is 2. The molecule has 2 aromatic rings. The molecule has 0 saturated heterocycles. The first-order chi connectivity index (χ1) is 9.81. The summed E-state index contributed by atoms with van der Waals surface area (Å²) in [6.45, 7) is 2.03. The van der Waals surface area contributed by atoms with E-state index in [4.69, 9.17) is 5.73 Å². The van der Waals surface area contributed by atoms with E-state index in [1.807, 2.05) is 19.1 Å². The maximum absolute atomic E-state index is 13.2. The molecule has 0 fully saturated rings. The Morgan fingerprint density at radius 3 is 2.38 bits per heavy atom. The first-order valence-corrected chi connectivity index (χ1v) is 7.32. The van der Waals surface area contributed by atoms with Gasteiger partial charge in [-0.05, 0) is 36.2 Å². The summed E-state index contributed by atoms with van der Waals surface area (Å²) in [5.74, 6) is -1.28. The molecule has 2 rings (SSSR count). The second-order valence-corrected chi connectivity index (χ2v) is 6.02. The molecule has 1 atom stereocenters. The molecule has 0 aliphatic heterocycles. The van der Waals surface area contributed by atoms with E-state index in [0.717, 1.165) is 23.4 Å². The quantitative estimate of drug-likeness (QED) is 0.812. The number of halogens is 4. The minimum absolute atomic E-state index is 0.287. The van der Waals surface area contributed by atoms with Gasteiger partial charge >= 0.3 is 6.18 Å². The molecule has 0 aliphatic carbocycles. The van der Waals surface area contributed by atoms with Gasteiger partial charge in [0.25, 0.3) is 0 Å². The highest BCUT2D eigenvalue weighted by Gasteiger charge is 2.34. The van der Waals surface area contributed by atoms with Crippen LogP contribution >= 0.6 is 11.3 Å². The van der Waals surface area contributed by atoms with Crippen LogP contribution in [0.2, 0.25) is 0 Å². The minimum Gasteiger partial charge on any atom is -0.324 e. The van der Waals surface area contributed by atoms with E-state index in [0.29, 0.717) is 6.42 Å². The number of hydrogen-bond donors (Lipinski definition) is 1. The number of benzene rings is 1. The summed E-state index contributed by atoms with van der Waals surface area (Å²) in [5, 5.41) is 0. The number of nitrogens with two attached hydrogens (primary N) is 1. The van der Waals surface area contributed by atoms with Crippen molar-refractivity contribution in [1.82, 2.24) is 0 Å². The van der Waals surface area contributed by atoms with E-state index in [2.05, 4.69) is 0 Å². The van der Waals surface area contributed by atoms with Gasteiger partial charge in [-0.1, -0.05) is 13.0 Å². The third-order valence-corrected chi connectivity index (χ3v) is 4.46. The Labute approximate surface area is 124 Å². The molecule has 0 aliphatic rings. The molecule has 0 bridgehead atoms. The summed E-state index contributed by atoms with van der Waals surface area (Å²) in [6.07, 6.45) is -3.36. The van der Waals surface area contributed by atoms with Crippen LogP contribution in [0.15, 0.2) is 30.3 Å². The SMILES string of the molecule is CCc1ccc(CC(N)c2ccc(F)c(C(F)(F)F)c2)s1. The summed E-state index contributed by atoms with van der Waals surface area (Å²) in [7, 11) is 0. The van der Waals surface area contributed by atoms with Crippen molar-refractivity contribution < 1.29 is 17.6 Å². The Bertz CT molecular complexity index is 618. The van der Waals surface area contributed by atoms with Gasteiger partial charge in [-0.2, -0.15) is 13.2 Å². The van der Waals surface area contributed by atoms with Crippen LogP contribution in [0.1, 0.15) is 33.8 Å². The largest absolute Gasteiger partial charge is 0.419 e. The van der Waals surface area contributed by atoms with Crippen LogP contribution in [0.4, 0.5) is 17.6 Å². The van der Waals surface area contributed by atoms with Crippen LogP contribution in [0.5, 0.6) is 0 Å². The van der Waals surface area contributed by atoms with Crippen molar-refractivity contribution in [2.75, 3.05) is 0 Å². The maximum Gasteiger partial charge on any atom is 0.419 e. The number of aryl methyl sites for hydroxylation is 1. The smallest absolute Gasteiger partial charge is 0.324 e. The average Bonchev–Trinajstić information content (AvgIpc) is 2.85. The van der Waals surface area contributed by atoms with E-state index < -0.39 is 23.6 Å². The van der Waals surface area contributed by atoms with Gasteiger partial charge in [0.15, 0.2) is 0 Å². The zero-order chi connectivity index (χ0) is 15.6. The lowest BCUT2D eigenvalue weighted by molar-refractivity contribution is -0.140. The van der Waals surface area contributed by atoms with Crippen molar-refractivity contribution >= 4 is 11.3 Å². The van der Waals surface area contributed by atoms with Crippen LogP contribution < -0.4 is 5.73 Å². The Morgan fingerprint density at radius 1 is 1.14 bits per heavy atom. The molecule has 0 amide bonds. The molecule has 21 heavy (non-hydrogen) atoms. The first kappa shape index (κ1) is 16.0. The number of alkyl halides is 3. The third-order valence-electron chi connectivity index (χ3n) is 3.21. The Kier molecular flexibility index (Phi) is 4.68. The highest BCUT2D eigenvalue weighted by Crippen LogP contribution is 2.33. The fraction of sp³-hybridized carbons (Fsp3) is 0.333. The van der Waals surface area contributed by atoms with Crippen molar-refractivity contribution in [2.24, 2.45) is 5.73 Å². The predicted molar refractivity (Wildman–Crippen MR) is 75.7 cm³/mol. The second-order valence-electron chi connectivity index (χ2n) is 4.77. The number of rotatable bonds is 4. The Hall–Kier alpha value is -1.40. The van der Waals surface area contributed by atoms with Gasteiger partial charge in [-0.3, -0.25) is 0 Å². The van der Waals surface area contributed by atoms with Crippen molar-refractivity contribution in [3.8, 4) is 0 Å². The van der Waals surface area contributed by atoms with Gasteiger partial charge in [0.05, 0.1) is 5.56 Å². The molecule has 1 aromatic heterocycles. The Balaban J connectivity index is 2.21. The molecule has 1 aromatic carbocycles. The third kappa shape index (κ3) is 3.83. The molecule has 6 heteroatoms. The molecule has 2 N–H and O–H groups in total. The van der Waals surface area contributed by atoms with Crippen LogP contribution in [-0.2, 0) is 19.0 Å². The topological polar surface area (TPSA) is 26.0 Å². The van der Waals surface area contributed by atoms with Crippen LogP contribution in [-0.4, -0.2) is 0 Å². The molecule has 114 valence electrons. The zero-order valence-corrected chi connectivity index (χ0v) is 12.2. The maximum atomic E-state index is 13.2. The first-order valence-electron chi connectivity index (χ1n) is 6.51. The highest BCUT2D eigenvalue weighted by atomic mass is 32.1. The summed E-state index contributed by atoms with van der Waals surface area (Å²) < 4.78 is 51.3. The monoisotopic (exact) mass is 317 g/mol. The van der Waals surface area contributed by atoms with E-state index in [1.165, 1.54) is 10.9 Å². The molecular formula is C15H15F4NS. The molecule has 1 unspecified atom stereocenters. The van der Waals surface area contributed by atoms with Gasteiger partial charge in [-0.15, -0.1) is 11.3 Å². The predicted octanol–water partition coefficient (Wildman–Crippen LogP) is 4.71. The van der Waals surface area contributed by atoms with E-state index in [1.54, 1.807) is 11.3 Å². The zero-order valence-electron chi connectivity index (χ0n) is 11.4. The van der Waals surface area contributed by atoms with Gasteiger partial charge in [0.1, 0.15) is 5.82 Å². The average molecular weight is 317 g/mol. The van der Waals surface area contributed by atoms with Crippen molar-refractivity contribution in [3.63, 3.8) is 0 Å². The van der Waals surface area contributed by atoms with E-state index >= 15 is 0 Å². The number of thiophene rings is 1. The molecule has 1 nitrogen and oxygen atoms in total. The summed E-state index contributed by atoms with van der Waals surface area (Å²) >= 11 is 1.59. The highest BCUT2D eigenvalue weighted by molar-refractivity contribution is 7.11. The van der Waals surface area contributed by atoms with Gasteiger partial charge in [0, 0.05) is 22.2 Å². The van der Waals surface area contributed by atoms with Gasteiger partial charge in [-0.25, -0.2) is 4.39 Å². The minimum atomic E-state index is -4.71. The Morgan fingerprint density at radius 2 is 1.81 bits per heavy atom. The van der Waals surface area contributed by atoms with E-state index in [9.17, 15) is 17.6 Å². The fourth-order valence-corrected chi connectivity index (χ4v) is 3.06. The molecule has 0 radical (unpaired) electrons. The lowest BCUT2D eigenvalue weighted by atomic mass is 10.0. The molecule has 0 spiro atoms.